The number of hydrogen-bond donors (Lipinski definition) is 1. The maximum absolute atomic E-state index is 13.1. The van der Waals surface area contributed by atoms with Crippen molar-refractivity contribution < 1.29 is 17.6 Å². The van der Waals surface area contributed by atoms with Crippen LogP contribution >= 0.6 is 0 Å². The minimum atomic E-state index is -3.86. The van der Waals surface area contributed by atoms with Crippen LogP contribution in [-0.2, 0) is 21.4 Å². The Morgan fingerprint density at radius 3 is 2.44 bits per heavy atom. The molecular weight excluding hydrogens is 367 g/mol. The van der Waals surface area contributed by atoms with Gasteiger partial charge >= 0.3 is 0 Å². The zero-order valence-electron chi connectivity index (χ0n) is 15.2. The summed E-state index contributed by atoms with van der Waals surface area (Å²) in [4.78, 5) is 12.7. The van der Waals surface area contributed by atoms with Crippen LogP contribution in [0.3, 0.4) is 0 Å². The van der Waals surface area contributed by atoms with Gasteiger partial charge in [-0.2, -0.15) is 4.31 Å². The van der Waals surface area contributed by atoms with Crippen molar-refractivity contribution in [2.75, 3.05) is 6.54 Å². The molecule has 1 amide bonds. The highest BCUT2D eigenvalue weighted by molar-refractivity contribution is 7.89. The molecule has 1 N–H and O–H groups in total. The maximum atomic E-state index is 13.1. The standard InChI is InChI=1S/C20H23FN2O3S/c1-15-5-7-16(8-6-15)14-22-20(24)19-4-2-3-13-23(19)27(25,26)18-11-9-17(21)10-12-18/h5-12,19H,2-4,13-14H2,1H3,(H,22,24). The van der Waals surface area contributed by atoms with Gasteiger partial charge in [-0.25, -0.2) is 12.8 Å². The van der Waals surface area contributed by atoms with Crippen LogP contribution in [0.2, 0.25) is 0 Å². The van der Waals surface area contributed by atoms with Crippen LogP contribution in [0.1, 0.15) is 30.4 Å². The number of rotatable bonds is 5. The minimum Gasteiger partial charge on any atom is -0.351 e. The Balaban J connectivity index is 1.75. The van der Waals surface area contributed by atoms with Crippen molar-refractivity contribution in [1.82, 2.24) is 9.62 Å². The topological polar surface area (TPSA) is 66.5 Å². The predicted molar refractivity (Wildman–Crippen MR) is 101 cm³/mol. The molecule has 3 rings (SSSR count). The Morgan fingerprint density at radius 2 is 1.78 bits per heavy atom. The van der Waals surface area contributed by atoms with Gasteiger partial charge in [-0.15, -0.1) is 0 Å². The molecule has 1 aliphatic heterocycles. The van der Waals surface area contributed by atoms with Crippen LogP contribution in [0.15, 0.2) is 53.4 Å². The Bertz CT molecular complexity index is 896. The van der Waals surface area contributed by atoms with Gasteiger partial charge in [0.15, 0.2) is 0 Å². The molecule has 5 nitrogen and oxygen atoms in total. The van der Waals surface area contributed by atoms with Crippen molar-refractivity contribution >= 4 is 15.9 Å². The Labute approximate surface area is 159 Å². The maximum Gasteiger partial charge on any atom is 0.243 e. The molecule has 2 aromatic rings. The lowest BCUT2D eigenvalue weighted by Crippen LogP contribution is -2.51. The molecule has 0 aliphatic carbocycles. The average Bonchev–Trinajstić information content (AvgIpc) is 2.67. The number of carbonyl (C=O) groups excluding carboxylic acids is 1. The molecule has 0 radical (unpaired) electrons. The van der Waals surface area contributed by atoms with E-state index in [-0.39, 0.29) is 17.3 Å². The van der Waals surface area contributed by atoms with Crippen LogP contribution in [0.5, 0.6) is 0 Å². The summed E-state index contributed by atoms with van der Waals surface area (Å²) in [6.45, 7) is 2.62. The van der Waals surface area contributed by atoms with E-state index >= 15 is 0 Å². The van der Waals surface area contributed by atoms with Crippen LogP contribution in [0, 0.1) is 12.7 Å². The third-order valence-electron chi connectivity index (χ3n) is 4.76. The van der Waals surface area contributed by atoms with E-state index in [9.17, 15) is 17.6 Å². The molecule has 1 saturated heterocycles. The molecule has 1 aliphatic rings. The van der Waals surface area contributed by atoms with E-state index in [4.69, 9.17) is 0 Å². The van der Waals surface area contributed by atoms with E-state index < -0.39 is 21.9 Å². The summed E-state index contributed by atoms with van der Waals surface area (Å²) in [5.41, 5.74) is 2.09. The number of sulfonamides is 1. The first kappa shape index (κ1) is 19.5. The van der Waals surface area contributed by atoms with E-state index in [2.05, 4.69) is 5.32 Å². The highest BCUT2D eigenvalue weighted by Crippen LogP contribution is 2.25. The van der Waals surface area contributed by atoms with Crippen molar-refractivity contribution in [1.29, 1.82) is 0 Å². The van der Waals surface area contributed by atoms with Gasteiger partial charge in [0.1, 0.15) is 11.9 Å². The van der Waals surface area contributed by atoms with Gasteiger partial charge in [-0.3, -0.25) is 4.79 Å². The Hall–Kier alpha value is -2.25. The summed E-state index contributed by atoms with van der Waals surface area (Å²) >= 11 is 0. The predicted octanol–water partition coefficient (Wildman–Crippen LogP) is 2.99. The van der Waals surface area contributed by atoms with Gasteiger partial charge in [0.2, 0.25) is 15.9 Å². The first-order valence-corrected chi connectivity index (χ1v) is 10.4. The lowest BCUT2D eigenvalue weighted by Gasteiger charge is -2.33. The second kappa shape index (κ2) is 8.19. The highest BCUT2D eigenvalue weighted by Gasteiger charge is 2.37. The lowest BCUT2D eigenvalue weighted by molar-refractivity contribution is -0.125. The van der Waals surface area contributed by atoms with Gasteiger partial charge < -0.3 is 5.32 Å². The molecule has 7 heteroatoms. The fourth-order valence-electron chi connectivity index (χ4n) is 3.21. The van der Waals surface area contributed by atoms with Gasteiger partial charge in [-0.1, -0.05) is 36.2 Å². The van der Waals surface area contributed by atoms with Crippen molar-refractivity contribution in [2.45, 2.75) is 43.7 Å². The SMILES string of the molecule is Cc1ccc(CNC(=O)C2CCCCN2S(=O)(=O)c2ccc(F)cc2)cc1. The molecule has 27 heavy (non-hydrogen) atoms. The first-order chi connectivity index (χ1) is 12.9. The number of hydrogen-bond acceptors (Lipinski definition) is 3. The summed E-state index contributed by atoms with van der Waals surface area (Å²) in [7, 11) is -3.86. The molecule has 1 atom stereocenters. The summed E-state index contributed by atoms with van der Waals surface area (Å²) < 4.78 is 40.3. The van der Waals surface area contributed by atoms with E-state index in [0.717, 1.165) is 29.7 Å². The summed E-state index contributed by atoms with van der Waals surface area (Å²) in [5, 5.41) is 2.85. The number of nitrogens with one attached hydrogen (secondary N) is 1. The fourth-order valence-corrected chi connectivity index (χ4v) is 4.87. The second-order valence-electron chi connectivity index (χ2n) is 6.78. The van der Waals surface area contributed by atoms with Gasteiger partial charge in [0, 0.05) is 13.1 Å². The van der Waals surface area contributed by atoms with Crippen molar-refractivity contribution in [3.05, 3.63) is 65.5 Å². The molecule has 1 fully saturated rings. The normalized spacial score (nSPS) is 18.2. The summed E-state index contributed by atoms with van der Waals surface area (Å²) in [6.07, 6.45) is 1.96. The van der Waals surface area contributed by atoms with E-state index in [1.807, 2.05) is 31.2 Å². The molecule has 0 aromatic heterocycles. The van der Waals surface area contributed by atoms with Crippen molar-refractivity contribution in [3.8, 4) is 0 Å². The summed E-state index contributed by atoms with van der Waals surface area (Å²) in [5.74, 6) is -0.805. The monoisotopic (exact) mass is 390 g/mol. The van der Waals surface area contributed by atoms with Gasteiger partial charge in [0.25, 0.3) is 0 Å². The van der Waals surface area contributed by atoms with E-state index in [1.165, 1.54) is 16.4 Å². The summed E-state index contributed by atoms with van der Waals surface area (Å²) in [6, 6.07) is 11.8. The molecule has 0 bridgehead atoms. The largest absolute Gasteiger partial charge is 0.351 e. The Morgan fingerprint density at radius 1 is 1.11 bits per heavy atom. The van der Waals surface area contributed by atoms with Crippen LogP contribution in [0.25, 0.3) is 0 Å². The molecule has 1 unspecified atom stereocenters. The molecule has 144 valence electrons. The Kier molecular flexibility index (Phi) is 5.92. The quantitative estimate of drug-likeness (QED) is 0.854. The molecule has 0 saturated carbocycles. The number of halogens is 1. The third-order valence-corrected chi connectivity index (χ3v) is 6.69. The fraction of sp³-hybridized carbons (Fsp3) is 0.350. The number of carbonyl (C=O) groups is 1. The number of aryl methyl sites for hydroxylation is 1. The van der Waals surface area contributed by atoms with Crippen LogP contribution < -0.4 is 5.32 Å². The first-order valence-electron chi connectivity index (χ1n) is 8.98. The number of amides is 1. The smallest absolute Gasteiger partial charge is 0.243 e. The molecule has 0 spiro atoms. The van der Waals surface area contributed by atoms with E-state index in [1.54, 1.807) is 0 Å². The lowest BCUT2D eigenvalue weighted by atomic mass is 10.0. The van der Waals surface area contributed by atoms with Gasteiger partial charge in [-0.05, 0) is 49.6 Å². The average molecular weight is 390 g/mol. The highest BCUT2D eigenvalue weighted by atomic mass is 32.2. The zero-order chi connectivity index (χ0) is 19.4. The minimum absolute atomic E-state index is 0.00198. The molecular formula is C20H23FN2O3S. The van der Waals surface area contributed by atoms with Gasteiger partial charge in [0.05, 0.1) is 4.90 Å². The molecule has 2 aromatic carbocycles. The van der Waals surface area contributed by atoms with Crippen molar-refractivity contribution in [3.63, 3.8) is 0 Å². The number of piperidine rings is 1. The number of nitrogens with zero attached hydrogens (tertiary/aromatic N) is 1. The second-order valence-corrected chi connectivity index (χ2v) is 8.68. The van der Waals surface area contributed by atoms with Crippen LogP contribution in [-0.4, -0.2) is 31.2 Å². The van der Waals surface area contributed by atoms with Crippen molar-refractivity contribution in [2.24, 2.45) is 0 Å². The van der Waals surface area contributed by atoms with E-state index in [0.29, 0.717) is 19.4 Å². The molecule has 1 heterocycles. The zero-order valence-corrected chi connectivity index (χ0v) is 16.0. The number of benzene rings is 2. The van der Waals surface area contributed by atoms with Crippen LogP contribution in [0.4, 0.5) is 4.39 Å². The third kappa shape index (κ3) is 4.54.